The number of piperazine rings is 1. The van der Waals surface area contributed by atoms with Gasteiger partial charge < -0.3 is 9.80 Å². The second-order valence-electron chi connectivity index (χ2n) is 5.42. The predicted octanol–water partition coefficient (Wildman–Crippen LogP) is 2.01. The van der Waals surface area contributed by atoms with E-state index in [0.29, 0.717) is 6.42 Å². The second kappa shape index (κ2) is 6.20. The molecule has 1 aliphatic rings. The zero-order valence-electron chi connectivity index (χ0n) is 12.3. The quantitative estimate of drug-likeness (QED) is 0.830. The van der Waals surface area contributed by atoms with Crippen LogP contribution in [0, 0.1) is 13.8 Å². The molecule has 19 heavy (non-hydrogen) atoms. The Morgan fingerprint density at radius 1 is 1.16 bits per heavy atom. The lowest BCUT2D eigenvalue weighted by Gasteiger charge is -2.34. The van der Waals surface area contributed by atoms with Gasteiger partial charge in [-0.25, -0.2) is 0 Å². The summed E-state index contributed by atoms with van der Waals surface area (Å²) in [7, 11) is 0. The molecule has 2 rings (SSSR count). The van der Waals surface area contributed by atoms with Crippen LogP contribution in [0.2, 0.25) is 0 Å². The van der Waals surface area contributed by atoms with Gasteiger partial charge in [-0.1, -0.05) is 30.7 Å². The van der Waals surface area contributed by atoms with Crippen molar-refractivity contribution < 1.29 is 4.79 Å². The number of nitrogens with zero attached hydrogens (tertiary/aromatic N) is 2. The predicted molar refractivity (Wildman–Crippen MR) is 78.3 cm³/mol. The molecule has 0 unspecified atom stereocenters. The third-order valence-corrected chi connectivity index (χ3v) is 4.01. The molecule has 1 saturated heterocycles. The number of hydrogen-bond acceptors (Lipinski definition) is 2. The molecule has 3 heteroatoms. The molecule has 0 N–H and O–H groups in total. The van der Waals surface area contributed by atoms with E-state index >= 15 is 0 Å². The summed E-state index contributed by atoms with van der Waals surface area (Å²) in [5.41, 5.74) is 3.64. The SMILES string of the molecule is CCN1CCN(C(=O)Cc2ccc(C)cc2C)CC1. The molecule has 1 amide bonds. The highest BCUT2D eigenvalue weighted by Crippen LogP contribution is 2.13. The fraction of sp³-hybridized carbons (Fsp3) is 0.562. The van der Waals surface area contributed by atoms with E-state index in [-0.39, 0.29) is 5.91 Å². The summed E-state index contributed by atoms with van der Waals surface area (Å²) in [6, 6.07) is 6.33. The molecule has 0 atom stereocenters. The van der Waals surface area contributed by atoms with Gasteiger partial charge in [-0.05, 0) is 31.5 Å². The number of rotatable bonds is 3. The molecule has 0 aliphatic carbocycles. The number of carbonyl (C=O) groups excluding carboxylic acids is 1. The van der Waals surface area contributed by atoms with Crippen molar-refractivity contribution in [2.75, 3.05) is 32.7 Å². The Hall–Kier alpha value is -1.35. The molecule has 0 spiro atoms. The summed E-state index contributed by atoms with van der Waals surface area (Å²) in [4.78, 5) is 16.7. The van der Waals surface area contributed by atoms with Gasteiger partial charge in [0.15, 0.2) is 0 Å². The Kier molecular flexibility index (Phi) is 4.59. The van der Waals surface area contributed by atoms with Crippen molar-refractivity contribution >= 4 is 5.91 Å². The molecule has 1 aliphatic heterocycles. The molecule has 1 aromatic carbocycles. The van der Waals surface area contributed by atoms with Gasteiger partial charge >= 0.3 is 0 Å². The molecule has 0 bridgehead atoms. The average Bonchev–Trinajstić information content (AvgIpc) is 2.42. The molecule has 104 valence electrons. The lowest BCUT2D eigenvalue weighted by Crippen LogP contribution is -2.48. The fourth-order valence-electron chi connectivity index (χ4n) is 2.63. The lowest BCUT2D eigenvalue weighted by atomic mass is 10.0. The van der Waals surface area contributed by atoms with Crippen molar-refractivity contribution in [3.05, 3.63) is 34.9 Å². The molecule has 0 radical (unpaired) electrons. The first kappa shape index (κ1) is 14.1. The average molecular weight is 260 g/mol. The molecular formula is C16H24N2O. The van der Waals surface area contributed by atoms with E-state index < -0.39 is 0 Å². The van der Waals surface area contributed by atoms with E-state index in [2.05, 4.69) is 43.9 Å². The van der Waals surface area contributed by atoms with Crippen molar-refractivity contribution in [1.82, 2.24) is 9.80 Å². The van der Waals surface area contributed by atoms with Crippen LogP contribution in [-0.4, -0.2) is 48.4 Å². The van der Waals surface area contributed by atoms with Crippen LogP contribution in [0.1, 0.15) is 23.6 Å². The number of likely N-dealkylation sites (N-methyl/N-ethyl adjacent to an activating group) is 1. The van der Waals surface area contributed by atoms with Crippen molar-refractivity contribution in [3.8, 4) is 0 Å². The van der Waals surface area contributed by atoms with Crippen molar-refractivity contribution in [2.24, 2.45) is 0 Å². The Morgan fingerprint density at radius 2 is 1.84 bits per heavy atom. The summed E-state index contributed by atoms with van der Waals surface area (Å²) in [6.07, 6.45) is 0.540. The second-order valence-corrected chi connectivity index (χ2v) is 5.42. The molecule has 1 fully saturated rings. The van der Waals surface area contributed by atoms with E-state index in [4.69, 9.17) is 0 Å². The van der Waals surface area contributed by atoms with E-state index in [1.54, 1.807) is 0 Å². The van der Waals surface area contributed by atoms with Gasteiger partial charge in [0.05, 0.1) is 6.42 Å². The highest BCUT2D eigenvalue weighted by molar-refractivity contribution is 5.79. The standard InChI is InChI=1S/C16H24N2O/c1-4-17-7-9-18(10-8-17)16(19)12-15-6-5-13(2)11-14(15)3/h5-6,11H,4,7-10,12H2,1-3H3. The largest absolute Gasteiger partial charge is 0.340 e. The first-order chi connectivity index (χ1) is 9.10. The van der Waals surface area contributed by atoms with Crippen molar-refractivity contribution in [1.29, 1.82) is 0 Å². The van der Waals surface area contributed by atoms with Crippen LogP contribution in [0.15, 0.2) is 18.2 Å². The smallest absolute Gasteiger partial charge is 0.227 e. The van der Waals surface area contributed by atoms with Gasteiger partial charge in [0, 0.05) is 26.2 Å². The van der Waals surface area contributed by atoms with Gasteiger partial charge in [-0.2, -0.15) is 0 Å². The summed E-state index contributed by atoms with van der Waals surface area (Å²) < 4.78 is 0. The zero-order valence-corrected chi connectivity index (χ0v) is 12.3. The Balaban J connectivity index is 1.94. The van der Waals surface area contributed by atoms with Crippen LogP contribution in [0.5, 0.6) is 0 Å². The number of aryl methyl sites for hydroxylation is 2. The first-order valence-electron chi connectivity index (χ1n) is 7.16. The molecule has 1 heterocycles. The number of hydrogen-bond donors (Lipinski definition) is 0. The summed E-state index contributed by atoms with van der Waals surface area (Å²) >= 11 is 0. The highest BCUT2D eigenvalue weighted by atomic mass is 16.2. The monoisotopic (exact) mass is 260 g/mol. The summed E-state index contributed by atoms with van der Waals surface area (Å²) in [6.45, 7) is 11.2. The molecule has 3 nitrogen and oxygen atoms in total. The zero-order chi connectivity index (χ0) is 13.8. The van der Waals surface area contributed by atoms with Crippen LogP contribution < -0.4 is 0 Å². The topological polar surface area (TPSA) is 23.6 Å². The van der Waals surface area contributed by atoms with E-state index in [1.165, 1.54) is 11.1 Å². The highest BCUT2D eigenvalue weighted by Gasteiger charge is 2.20. The van der Waals surface area contributed by atoms with E-state index in [9.17, 15) is 4.79 Å². The lowest BCUT2D eigenvalue weighted by molar-refractivity contribution is -0.132. The Morgan fingerprint density at radius 3 is 2.42 bits per heavy atom. The van der Waals surface area contributed by atoms with Gasteiger partial charge in [0.25, 0.3) is 0 Å². The summed E-state index contributed by atoms with van der Waals surface area (Å²) in [5.74, 6) is 0.266. The number of benzene rings is 1. The Bertz CT molecular complexity index is 448. The minimum absolute atomic E-state index is 0.266. The van der Waals surface area contributed by atoms with Gasteiger partial charge in [-0.3, -0.25) is 4.79 Å². The van der Waals surface area contributed by atoms with Crippen molar-refractivity contribution in [3.63, 3.8) is 0 Å². The maximum Gasteiger partial charge on any atom is 0.227 e. The maximum atomic E-state index is 12.3. The minimum Gasteiger partial charge on any atom is -0.340 e. The summed E-state index contributed by atoms with van der Waals surface area (Å²) in [5, 5.41) is 0. The minimum atomic E-state index is 0.266. The Labute approximate surface area is 116 Å². The van der Waals surface area contributed by atoms with E-state index in [0.717, 1.165) is 38.3 Å². The van der Waals surface area contributed by atoms with Crippen LogP contribution in [0.25, 0.3) is 0 Å². The maximum absolute atomic E-state index is 12.3. The van der Waals surface area contributed by atoms with Crippen molar-refractivity contribution in [2.45, 2.75) is 27.2 Å². The van der Waals surface area contributed by atoms with E-state index in [1.807, 2.05) is 4.90 Å². The molecule has 1 aromatic rings. The third kappa shape index (κ3) is 3.57. The van der Waals surface area contributed by atoms with Crippen LogP contribution in [0.4, 0.5) is 0 Å². The van der Waals surface area contributed by atoms with Crippen LogP contribution in [0.3, 0.4) is 0 Å². The van der Waals surface area contributed by atoms with Gasteiger partial charge in [0.1, 0.15) is 0 Å². The molecule has 0 saturated carbocycles. The molecule has 0 aromatic heterocycles. The normalized spacial score (nSPS) is 16.7. The number of amides is 1. The third-order valence-electron chi connectivity index (χ3n) is 4.01. The molecular weight excluding hydrogens is 236 g/mol. The van der Waals surface area contributed by atoms with Crippen LogP contribution >= 0.6 is 0 Å². The van der Waals surface area contributed by atoms with Gasteiger partial charge in [-0.15, -0.1) is 0 Å². The fourth-order valence-corrected chi connectivity index (χ4v) is 2.63. The number of carbonyl (C=O) groups is 1. The van der Waals surface area contributed by atoms with Gasteiger partial charge in [0.2, 0.25) is 5.91 Å². The van der Waals surface area contributed by atoms with Crippen LogP contribution in [-0.2, 0) is 11.2 Å². The first-order valence-corrected chi connectivity index (χ1v) is 7.16.